The number of esters is 1. The Balaban J connectivity index is 2.81. The summed E-state index contributed by atoms with van der Waals surface area (Å²) in [6.45, 7) is 0. The molecule has 0 heterocycles. The summed E-state index contributed by atoms with van der Waals surface area (Å²) in [5.74, 6) is 0.196. The van der Waals surface area contributed by atoms with E-state index in [0.717, 1.165) is 11.1 Å². The molecule has 0 radical (unpaired) electrons. The number of para-hydroxylation sites is 1. The lowest BCUT2D eigenvalue weighted by molar-refractivity contribution is 0.0596. The van der Waals surface area contributed by atoms with Gasteiger partial charge in [0.05, 0.1) is 25.8 Å². The van der Waals surface area contributed by atoms with Crippen molar-refractivity contribution in [1.82, 2.24) is 0 Å². The summed E-state index contributed by atoms with van der Waals surface area (Å²) in [7, 11) is 4.28. The quantitative estimate of drug-likeness (QED) is 0.663. The number of halogens is 1. The van der Waals surface area contributed by atoms with Crippen LogP contribution in [0.25, 0.3) is 11.1 Å². The van der Waals surface area contributed by atoms with E-state index >= 15 is 0 Å². The maximum Gasteiger partial charge on any atom is 0.341 e. The minimum atomic E-state index is -0.515. The van der Waals surface area contributed by atoms with Gasteiger partial charge in [-0.1, -0.05) is 18.2 Å². The fourth-order valence-corrected chi connectivity index (χ4v) is 2.87. The monoisotopic (exact) mass is 365 g/mol. The van der Waals surface area contributed by atoms with Crippen molar-refractivity contribution in [1.29, 1.82) is 0 Å². The molecule has 0 aromatic heterocycles. The maximum atomic E-state index is 12.0. The van der Waals surface area contributed by atoms with Crippen molar-refractivity contribution in [3.63, 3.8) is 0 Å². The molecule has 0 aliphatic carbocycles. The topological polar surface area (TPSA) is 70.8 Å². The summed E-state index contributed by atoms with van der Waals surface area (Å²) in [5, 5.41) is 0. The van der Waals surface area contributed by atoms with E-state index < -0.39 is 5.97 Å². The molecule has 0 bridgehead atoms. The number of carbonyl (C=O) groups is 1. The molecule has 116 valence electrons. The van der Waals surface area contributed by atoms with Gasteiger partial charge in [-0.3, -0.25) is 0 Å². The fourth-order valence-electron chi connectivity index (χ4n) is 2.20. The van der Waals surface area contributed by atoms with E-state index in [-0.39, 0.29) is 5.56 Å². The summed E-state index contributed by atoms with van der Waals surface area (Å²) in [5.41, 5.74) is 8.39. The Labute approximate surface area is 137 Å². The molecule has 6 heteroatoms. The highest BCUT2D eigenvalue weighted by atomic mass is 79.9. The largest absolute Gasteiger partial charge is 0.492 e. The number of nitrogen functional groups attached to an aromatic ring is 1. The zero-order valence-electron chi connectivity index (χ0n) is 12.5. The number of ether oxygens (including phenoxy) is 3. The molecule has 0 unspecified atom stereocenters. The van der Waals surface area contributed by atoms with Crippen LogP contribution in [0.1, 0.15) is 10.4 Å². The molecule has 0 saturated carbocycles. The Bertz CT molecular complexity index is 716. The van der Waals surface area contributed by atoms with Gasteiger partial charge in [0.1, 0.15) is 5.56 Å². The zero-order valence-corrected chi connectivity index (χ0v) is 14.1. The van der Waals surface area contributed by atoms with Crippen molar-refractivity contribution < 1.29 is 19.0 Å². The molecule has 2 N–H and O–H groups in total. The van der Waals surface area contributed by atoms with Crippen LogP contribution in [0.5, 0.6) is 11.5 Å². The Morgan fingerprint density at radius 1 is 1.05 bits per heavy atom. The summed E-state index contributed by atoms with van der Waals surface area (Å²) < 4.78 is 16.2. The molecule has 0 spiro atoms. The van der Waals surface area contributed by atoms with Gasteiger partial charge in [0, 0.05) is 16.8 Å². The number of hydrogen-bond acceptors (Lipinski definition) is 5. The van der Waals surface area contributed by atoms with Gasteiger partial charge in [0.2, 0.25) is 0 Å². The lowest BCUT2D eigenvalue weighted by Crippen LogP contribution is -2.07. The number of rotatable bonds is 4. The van der Waals surface area contributed by atoms with Gasteiger partial charge in [0.15, 0.2) is 11.5 Å². The predicted molar refractivity (Wildman–Crippen MR) is 88.4 cm³/mol. The van der Waals surface area contributed by atoms with E-state index in [1.54, 1.807) is 12.1 Å². The average molecular weight is 366 g/mol. The van der Waals surface area contributed by atoms with Gasteiger partial charge in [0.25, 0.3) is 0 Å². The number of methoxy groups -OCH3 is 3. The average Bonchev–Trinajstić information content (AvgIpc) is 2.54. The van der Waals surface area contributed by atoms with Crippen molar-refractivity contribution in [3.05, 3.63) is 40.4 Å². The Morgan fingerprint density at radius 2 is 1.68 bits per heavy atom. The summed E-state index contributed by atoms with van der Waals surface area (Å²) in [6.07, 6.45) is 0. The van der Waals surface area contributed by atoms with Crippen molar-refractivity contribution in [3.8, 4) is 22.6 Å². The highest BCUT2D eigenvalue weighted by molar-refractivity contribution is 9.10. The van der Waals surface area contributed by atoms with Crippen molar-refractivity contribution in [2.45, 2.75) is 0 Å². The number of benzene rings is 2. The van der Waals surface area contributed by atoms with Crippen molar-refractivity contribution in [2.75, 3.05) is 27.1 Å². The van der Waals surface area contributed by atoms with Crippen LogP contribution in [0, 0.1) is 0 Å². The summed E-state index contributed by atoms with van der Waals surface area (Å²) in [4.78, 5) is 12.0. The molecular weight excluding hydrogens is 350 g/mol. The minimum absolute atomic E-state index is 0.267. The maximum absolute atomic E-state index is 12.0. The molecule has 2 rings (SSSR count). The minimum Gasteiger partial charge on any atom is -0.492 e. The van der Waals surface area contributed by atoms with Crippen LogP contribution in [0.15, 0.2) is 34.8 Å². The molecule has 5 nitrogen and oxygen atoms in total. The number of nitrogens with two attached hydrogens (primary N) is 1. The Morgan fingerprint density at radius 3 is 2.23 bits per heavy atom. The van der Waals surface area contributed by atoms with Crippen molar-refractivity contribution in [2.24, 2.45) is 0 Å². The van der Waals surface area contributed by atoms with E-state index in [1.165, 1.54) is 21.3 Å². The SMILES string of the molecule is COC(=O)c1cc(-c2ccccc2N)c(Br)c(OC)c1OC. The lowest BCUT2D eigenvalue weighted by atomic mass is 10.00. The molecular formula is C16H16BrNO4. The third-order valence-corrected chi connectivity index (χ3v) is 4.03. The van der Waals surface area contributed by atoms with E-state index in [1.807, 2.05) is 18.2 Å². The third kappa shape index (κ3) is 2.74. The summed E-state index contributed by atoms with van der Waals surface area (Å²) >= 11 is 3.50. The Hall–Kier alpha value is -2.21. The highest BCUT2D eigenvalue weighted by Crippen LogP contribution is 2.45. The summed E-state index contributed by atoms with van der Waals surface area (Å²) in [6, 6.07) is 9.03. The smallest absolute Gasteiger partial charge is 0.341 e. The van der Waals surface area contributed by atoms with Gasteiger partial charge in [-0.2, -0.15) is 0 Å². The molecule has 0 saturated heterocycles. The first-order chi connectivity index (χ1) is 10.5. The van der Waals surface area contributed by atoms with Crippen LogP contribution in [-0.4, -0.2) is 27.3 Å². The standard InChI is InChI=1S/C16H16BrNO4/c1-20-14-11(16(19)22-3)8-10(13(17)15(14)21-2)9-6-4-5-7-12(9)18/h4-8H,18H2,1-3H3. The zero-order chi connectivity index (χ0) is 16.3. The highest BCUT2D eigenvalue weighted by Gasteiger charge is 2.24. The second-order valence-electron chi connectivity index (χ2n) is 4.43. The van der Waals surface area contributed by atoms with Gasteiger partial charge < -0.3 is 19.9 Å². The van der Waals surface area contributed by atoms with Crippen LogP contribution < -0.4 is 15.2 Å². The fraction of sp³-hybridized carbons (Fsp3) is 0.188. The third-order valence-electron chi connectivity index (χ3n) is 3.24. The second kappa shape index (κ2) is 6.70. The number of hydrogen-bond donors (Lipinski definition) is 1. The van der Waals surface area contributed by atoms with E-state index in [9.17, 15) is 4.79 Å². The normalized spacial score (nSPS) is 10.2. The van der Waals surface area contributed by atoms with Crippen LogP contribution in [0.4, 0.5) is 5.69 Å². The van der Waals surface area contributed by atoms with E-state index in [4.69, 9.17) is 19.9 Å². The Kier molecular flexibility index (Phi) is 4.92. The predicted octanol–water partition coefficient (Wildman–Crippen LogP) is 3.50. The number of anilines is 1. The van der Waals surface area contributed by atoms with Crippen LogP contribution >= 0.6 is 15.9 Å². The molecule has 2 aromatic rings. The molecule has 2 aromatic carbocycles. The lowest BCUT2D eigenvalue weighted by Gasteiger charge is -2.17. The first-order valence-corrected chi connectivity index (χ1v) is 7.22. The van der Waals surface area contributed by atoms with E-state index in [2.05, 4.69) is 15.9 Å². The molecule has 0 aliphatic heterocycles. The van der Waals surface area contributed by atoms with Crippen molar-refractivity contribution >= 4 is 27.6 Å². The second-order valence-corrected chi connectivity index (χ2v) is 5.22. The van der Waals surface area contributed by atoms with Gasteiger partial charge in [-0.05, 0) is 28.1 Å². The van der Waals surface area contributed by atoms with Crippen LogP contribution in [-0.2, 0) is 4.74 Å². The molecule has 0 amide bonds. The van der Waals surface area contributed by atoms with Gasteiger partial charge in [-0.15, -0.1) is 0 Å². The first-order valence-electron chi connectivity index (χ1n) is 6.42. The molecule has 0 atom stereocenters. The molecule has 0 aliphatic rings. The van der Waals surface area contributed by atoms with Crippen LogP contribution in [0.3, 0.4) is 0 Å². The van der Waals surface area contributed by atoms with E-state index in [0.29, 0.717) is 21.7 Å². The van der Waals surface area contributed by atoms with Gasteiger partial charge in [-0.25, -0.2) is 4.79 Å². The van der Waals surface area contributed by atoms with Gasteiger partial charge >= 0.3 is 5.97 Å². The first kappa shape index (κ1) is 16.2. The molecule has 22 heavy (non-hydrogen) atoms. The number of carbonyl (C=O) groups excluding carboxylic acids is 1. The van der Waals surface area contributed by atoms with Crippen LogP contribution in [0.2, 0.25) is 0 Å². The molecule has 0 fully saturated rings.